The fourth-order valence-corrected chi connectivity index (χ4v) is 1.34. The number of hydrogen-bond donors (Lipinski definition) is 2. The lowest BCUT2D eigenvalue weighted by Gasteiger charge is -2.11. The average molecular weight is 208 g/mol. The minimum atomic E-state index is -0.221. The third kappa shape index (κ3) is 3.25. The number of para-hydroxylation sites is 1. The van der Waals surface area contributed by atoms with E-state index in [9.17, 15) is 4.79 Å². The van der Waals surface area contributed by atoms with E-state index in [1.165, 1.54) is 0 Å². The standard InChI is InChI=1S/C11H16N2O2/c1-8-4-3-5-9(2)11(8)15-7-6-10(14)13-12/h3-5H,6-7,12H2,1-2H3,(H,13,14). The molecular formula is C11H16N2O2. The summed E-state index contributed by atoms with van der Waals surface area (Å²) >= 11 is 0. The van der Waals surface area contributed by atoms with Crippen LogP contribution in [0.1, 0.15) is 17.5 Å². The second-order valence-electron chi connectivity index (χ2n) is 3.39. The van der Waals surface area contributed by atoms with E-state index in [1.807, 2.05) is 32.0 Å². The van der Waals surface area contributed by atoms with Crippen molar-refractivity contribution in [3.63, 3.8) is 0 Å². The molecule has 4 nitrogen and oxygen atoms in total. The Morgan fingerprint density at radius 2 is 2.00 bits per heavy atom. The van der Waals surface area contributed by atoms with Gasteiger partial charge in [-0.25, -0.2) is 5.84 Å². The average Bonchev–Trinajstić information content (AvgIpc) is 2.22. The third-order valence-corrected chi connectivity index (χ3v) is 2.15. The molecule has 1 rings (SSSR count). The summed E-state index contributed by atoms with van der Waals surface area (Å²) in [4.78, 5) is 10.9. The second kappa shape index (κ2) is 5.36. The Bertz CT molecular complexity index is 330. The maximum absolute atomic E-state index is 10.9. The molecule has 0 bridgehead atoms. The number of aryl methyl sites for hydroxylation is 2. The predicted octanol–water partition coefficient (Wildman–Crippen LogP) is 1.06. The molecular weight excluding hydrogens is 192 g/mol. The SMILES string of the molecule is Cc1cccc(C)c1OCCC(=O)NN. The Kier molecular flexibility index (Phi) is 4.12. The number of rotatable bonds is 4. The summed E-state index contributed by atoms with van der Waals surface area (Å²) < 4.78 is 5.52. The van der Waals surface area contributed by atoms with Gasteiger partial charge in [-0.2, -0.15) is 0 Å². The van der Waals surface area contributed by atoms with Crippen LogP contribution in [0.3, 0.4) is 0 Å². The summed E-state index contributed by atoms with van der Waals surface area (Å²) in [6.45, 7) is 4.30. The lowest BCUT2D eigenvalue weighted by atomic mass is 10.1. The molecule has 0 heterocycles. The molecule has 15 heavy (non-hydrogen) atoms. The minimum absolute atomic E-state index is 0.221. The Balaban J connectivity index is 2.54. The zero-order chi connectivity index (χ0) is 11.3. The Morgan fingerprint density at radius 3 is 2.53 bits per heavy atom. The number of carbonyl (C=O) groups excluding carboxylic acids is 1. The first-order chi connectivity index (χ1) is 7.15. The van der Waals surface area contributed by atoms with Crippen molar-refractivity contribution in [2.45, 2.75) is 20.3 Å². The van der Waals surface area contributed by atoms with Crippen LogP contribution in [0.4, 0.5) is 0 Å². The Hall–Kier alpha value is -1.55. The molecule has 0 radical (unpaired) electrons. The van der Waals surface area contributed by atoms with Crippen LogP contribution >= 0.6 is 0 Å². The van der Waals surface area contributed by atoms with Crippen LogP contribution < -0.4 is 16.0 Å². The number of nitrogens with two attached hydrogens (primary N) is 1. The maximum Gasteiger partial charge on any atom is 0.237 e. The second-order valence-corrected chi connectivity index (χ2v) is 3.39. The van der Waals surface area contributed by atoms with Gasteiger partial charge in [-0.1, -0.05) is 18.2 Å². The molecule has 0 aliphatic carbocycles. The van der Waals surface area contributed by atoms with Crippen molar-refractivity contribution in [1.29, 1.82) is 0 Å². The van der Waals surface area contributed by atoms with Gasteiger partial charge in [0, 0.05) is 0 Å². The molecule has 4 heteroatoms. The zero-order valence-corrected chi connectivity index (χ0v) is 9.04. The van der Waals surface area contributed by atoms with Gasteiger partial charge in [0.2, 0.25) is 5.91 Å². The van der Waals surface area contributed by atoms with Crippen LogP contribution in [0.5, 0.6) is 5.75 Å². The molecule has 1 aromatic carbocycles. The first kappa shape index (κ1) is 11.5. The molecule has 0 saturated heterocycles. The van der Waals surface area contributed by atoms with Gasteiger partial charge in [-0.05, 0) is 25.0 Å². The van der Waals surface area contributed by atoms with E-state index >= 15 is 0 Å². The number of carbonyl (C=O) groups is 1. The van der Waals surface area contributed by atoms with Crippen molar-refractivity contribution in [2.24, 2.45) is 5.84 Å². The normalized spacial score (nSPS) is 9.80. The number of amides is 1. The third-order valence-electron chi connectivity index (χ3n) is 2.15. The largest absolute Gasteiger partial charge is 0.493 e. The number of ether oxygens (including phenoxy) is 1. The van der Waals surface area contributed by atoms with E-state index in [2.05, 4.69) is 5.43 Å². The lowest BCUT2D eigenvalue weighted by molar-refractivity contribution is -0.121. The van der Waals surface area contributed by atoms with Gasteiger partial charge in [0.15, 0.2) is 0 Å². The minimum Gasteiger partial charge on any atom is -0.493 e. The summed E-state index contributed by atoms with van der Waals surface area (Å²) in [5.74, 6) is 5.58. The number of hydrogen-bond acceptors (Lipinski definition) is 3. The van der Waals surface area contributed by atoms with E-state index in [1.54, 1.807) is 0 Å². The van der Waals surface area contributed by atoms with Crippen LogP contribution in [-0.4, -0.2) is 12.5 Å². The first-order valence-corrected chi connectivity index (χ1v) is 4.83. The van der Waals surface area contributed by atoms with Crippen molar-refractivity contribution >= 4 is 5.91 Å². The predicted molar refractivity (Wildman–Crippen MR) is 58.4 cm³/mol. The van der Waals surface area contributed by atoms with E-state index in [-0.39, 0.29) is 12.3 Å². The molecule has 0 aliphatic heterocycles. The summed E-state index contributed by atoms with van der Waals surface area (Å²) in [7, 11) is 0. The highest BCUT2D eigenvalue weighted by Crippen LogP contribution is 2.22. The smallest absolute Gasteiger partial charge is 0.237 e. The highest BCUT2D eigenvalue weighted by atomic mass is 16.5. The Labute approximate surface area is 89.4 Å². The first-order valence-electron chi connectivity index (χ1n) is 4.83. The number of hydrazine groups is 1. The molecule has 0 atom stereocenters. The number of benzene rings is 1. The highest BCUT2D eigenvalue weighted by Gasteiger charge is 2.04. The molecule has 0 aliphatic rings. The van der Waals surface area contributed by atoms with Crippen molar-refractivity contribution in [3.8, 4) is 5.75 Å². The van der Waals surface area contributed by atoms with Crippen molar-refractivity contribution in [3.05, 3.63) is 29.3 Å². The number of nitrogens with one attached hydrogen (secondary N) is 1. The van der Waals surface area contributed by atoms with Gasteiger partial charge in [0.25, 0.3) is 0 Å². The molecule has 0 saturated carbocycles. The summed E-state index contributed by atoms with van der Waals surface area (Å²) in [6, 6.07) is 5.93. The maximum atomic E-state index is 10.9. The van der Waals surface area contributed by atoms with Gasteiger partial charge < -0.3 is 4.74 Å². The van der Waals surface area contributed by atoms with E-state index in [0.29, 0.717) is 6.61 Å². The molecule has 0 spiro atoms. The van der Waals surface area contributed by atoms with Gasteiger partial charge in [0.05, 0.1) is 13.0 Å². The molecule has 0 aromatic heterocycles. The molecule has 3 N–H and O–H groups in total. The van der Waals surface area contributed by atoms with E-state index < -0.39 is 0 Å². The van der Waals surface area contributed by atoms with Gasteiger partial charge in [-0.15, -0.1) is 0 Å². The van der Waals surface area contributed by atoms with Gasteiger partial charge in [-0.3, -0.25) is 10.2 Å². The highest BCUT2D eigenvalue weighted by molar-refractivity contribution is 5.75. The van der Waals surface area contributed by atoms with Crippen LogP contribution in [0.25, 0.3) is 0 Å². The molecule has 1 aromatic rings. The molecule has 0 fully saturated rings. The summed E-state index contributed by atoms with van der Waals surface area (Å²) in [5.41, 5.74) is 4.21. The Morgan fingerprint density at radius 1 is 1.40 bits per heavy atom. The molecule has 0 unspecified atom stereocenters. The zero-order valence-electron chi connectivity index (χ0n) is 9.04. The molecule has 1 amide bonds. The van der Waals surface area contributed by atoms with E-state index in [4.69, 9.17) is 10.6 Å². The fourth-order valence-electron chi connectivity index (χ4n) is 1.34. The topological polar surface area (TPSA) is 64.3 Å². The quantitative estimate of drug-likeness (QED) is 0.442. The lowest BCUT2D eigenvalue weighted by Crippen LogP contribution is -2.31. The van der Waals surface area contributed by atoms with Crippen molar-refractivity contribution in [2.75, 3.05) is 6.61 Å². The van der Waals surface area contributed by atoms with Crippen molar-refractivity contribution < 1.29 is 9.53 Å². The summed E-state index contributed by atoms with van der Waals surface area (Å²) in [6.07, 6.45) is 0.268. The van der Waals surface area contributed by atoms with Crippen LogP contribution in [0.15, 0.2) is 18.2 Å². The fraction of sp³-hybridized carbons (Fsp3) is 0.364. The van der Waals surface area contributed by atoms with E-state index in [0.717, 1.165) is 16.9 Å². The summed E-state index contributed by atoms with van der Waals surface area (Å²) in [5, 5.41) is 0. The van der Waals surface area contributed by atoms with Crippen LogP contribution in [-0.2, 0) is 4.79 Å². The van der Waals surface area contributed by atoms with Crippen LogP contribution in [0, 0.1) is 13.8 Å². The molecule has 82 valence electrons. The van der Waals surface area contributed by atoms with Gasteiger partial charge in [0.1, 0.15) is 5.75 Å². The van der Waals surface area contributed by atoms with Gasteiger partial charge >= 0.3 is 0 Å². The monoisotopic (exact) mass is 208 g/mol. The van der Waals surface area contributed by atoms with Crippen LogP contribution in [0.2, 0.25) is 0 Å². The van der Waals surface area contributed by atoms with Crippen molar-refractivity contribution in [1.82, 2.24) is 5.43 Å².